The first-order chi connectivity index (χ1) is 11.8. The van der Waals surface area contributed by atoms with E-state index >= 15 is 0 Å². The summed E-state index contributed by atoms with van der Waals surface area (Å²) < 4.78 is 26.7. The van der Waals surface area contributed by atoms with Gasteiger partial charge in [0.15, 0.2) is 0 Å². The molecule has 1 aromatic carbocycles. The number of benzene rings is 1. The summed E-state index contributed by atoms with van der Waals surface area (Å²) in [7, 11) is -3.52. The number of nitrogens with one attached hydrogen (secondary N) is 2. The molecule has 1 aromatic rings. The van der Waals surface area contributed by atoms with Crippen LogP contribution in [0.15, 0.2) is 29.2 Å². The smallest absolute Gasteiger partial charge is 0.251 e. The molecule has 5 nitrogen and oxygen atoms in total. The van der Waals surface area contributed by atoms with Crippen LogP contribution >= 0.6 is 0 Å². The third-order valence-corrected chi connectivity index (χ3v) is 7.18. The zero-order valence-electron chi connectivity index (χ0n) is 15.0. The predicted octanol–water partition coefficient (Wildman–Crippen LogP) is 2.93. The topological polar surface area (TPSA) is 75.3 Å². The maximum absolute atomic E-state index is 12.2. The monoisotopic (exact) mass is 364 g/mol. The highest BCUT2D eigenvalue weighted by molar-refractivity contribution is 7.89. The molecule has 0 saturated heterocycles. The Balaban J connectivity index is 1.50. The molecule has 2 bridgehead atoms. The summed E-state index contributed by atoms with van der Waals surface area (Å²) in [6.07, 6.45) is 6.53. The van der Waals surface area contributed by atoms with Crippen molar-refractivity contribution in [3.63, 3.8) is 0 Å². The molecule has 2 N–H and O–H groups in total. The minimum absolute atomic E-state index is 0.135. The Kier molecular flexibility index (Phi) is 5.49. The molecule has 25 heavy (non-hydrogen) atoms. The van der Waals surface area contributed by atoms with Crippen LogP contribution in [0.25, 0.3) is 0 Å². The Bertz CT molecular complexity index is 713. The summed E-state index contributed by atoms with van der Waals surface area (Å²) in [5, 5.41) is 2.97. The lowest BCUT2D eigenvalue weighted by Crippen LogP contribution is -2.30. The molecule has 0 spiro atoms. The van der Waals surface area contributed by atoms with Gasteiger partial charge in [0.1, 0.15) is 0 Å². The van der Waals surface area contributed by atoms with Crippen LogP contribution in [-0.2, 0) is 10.0 Å². The van der Waals surface area contributed by atoms with Crippen molar-refractivity contribution in [2.75, 3.05) is 6.54 Å². The fraction of sp³-hybridized carbons (Fsp3) is 0.632. The van der Waals surface area contributed by atoms with Crippen LogP contribution < -0.4 is 10.0 Å². The second kappa shape index (κ2) is 7.46. The first kappa shape index (κ1) is 18.4. The van der Waals surface area contributed by atoms with Gasteiger partial charge < -0.3 is 5.32 Å². The van der Waals surface area contributed by atoms with Crippen molar-refractivity contribution >= 4 is 15.9 Å². The molecule has 2 saturated carbocycles. The van der Waals surface area contributed by atoms with Gasteiger partial charge in [0.05, 0.1) is 4.90 Å². The van der Waals surface area contributed by atoms with Crippen molar-refractivity contribution < 1.29 is 13.2 Å². The molecule has 0 aliphatic heterocycles. The van der Waals surface area contributed by atoms with Crippen molar-refractivity contribution in [1.82, 2.24) is 10.0 Å². The Morgan fingerprint density at radius 3 is 2.44 bits per heavy atom. The average molecular weight is 365 g/mol. The number of sulfonamides is 1. The first-order valence-electron chi connectivity index (χ1n) is 9.26. The van der Waals surface area contributed by atoms with Crippen molar-refractivity contribution in [3.8, 4) is 0 Å². The molecule has 2 aliphatic rings. The predicted molar refractivity (Wildman–Crippen MR) is 97.8 cm³/mol. The van der Waals surface area contributed by atoms with Gasteiger partial charge in [-0.05, 0) is 81.5 Å². The summed E-state index contributed by atoms with van der Waals surface area (Å²) in [4.78, 5) is 12.4. The van der Waals surface area contributed by atoms with E-state index < -0.39 is 10.0 Å². The largest absolute Gasteiger partial charge is 0.352 e. The lowest BCUT2D eigenvalue weighted by molar-refractivity contribution is 0.0949. The van der Waals surface area contributed by atoms with Gasteiger partial charge in [0, 0.05) is 18.2 Å². The number of hydrogen-bond donors (Lipinski definition) is 2. The number of carbonyl (C=O) groups is 1. The SMILES string of the molecule is CC(C)NS(=O)(=O)c1ccc(C(=O)NCCC2CC3CCC2C3)cc1. The third kappa shape index (κ3) is 4.42. The average Bonchev–Trinajstić information content (AvgIpc) is 3.16. The maximum atomic E-state index is 12.2. The van der Waals surface area contributed by atoms with Gasteiger partial charge in [-0.3, -0.25) is 4.79 Å². The molecule has 2 fully saturated rings. The zero-order chi connectivity index (χ0) is 18.0. The normalized spacial score (nSPS) is 25.5. The summed E-state index contributed by atoms with van der Waals surface area (Å²) >= 11 is 0. The van der Waals surface area contributed by atoms with Gasteiger partial charge in [-0.25, -0.2) is 13.1 Å². The summed E-state index contributed by atoms with van der Waals surface area (Å²) in [5.41, 5.74) is 0.497. The number of hydrogen-bond acceptors (Lipinski definition) is 3. The van der Waals surface area contributed by atoms with Crippen LogP contribution in [-0.4, -0.2) is 26.9 Å². The van der Waals surface area contributed by atoms with E-state index in [9.17, 15) is 13.2 Å². The Hall–Kier alpha value is -1.40. The lowest BCUT2D eigenvalue weighted by Gasteiger charge is -2.21. The molecule has 1 amide bonds. The number of rotatable bonds is 7. The van der Waals surface area contributed by atoms with E-state index in [1.807, 2.05) is 0 Å². The van der Waals surface area contributed by atoms with Crippen molar-refractivity contribution in [2.24, 2.45) is 17.8 Å². The Morgan fingerprint density at radius 2 is 1.88 bits per heavy atom. The second-order valence-corrected chi connectivity index (χ2v) is 9.49. The summed E-state index contributed by atoms with van der Waals surface area (Å²) in [6, 6.07) is 5.94. The zero-order valence-corrected chi connectivity index (χ0v) is 15.8. The second-order valence-electron chi connectivity index (χ2n) is 7.78. The molecule has 0 aromatic heterocycles. The first-order valence-corrected chi connectivity index (χ1v) is 10.7. The minimum atomic E-state index is -3.52. The van der Waals surface area contributed by atoms with Gasteiger partial charge in [-0.15, -0.1) is 0 Å². The van der Waals surface area contributed by atoms with Crippen molar-refractivity contribution in [1.29, 1.82) is 0 Å². The van der Waals surface area contributed by atoms with E-state index in [4.69, 9.17) is 0 Å². The molecule has 3 rings (SSSR count). The van der Waals surface area contributed by atoms with Crippen molar-refractivity contribution in [2.45, 2.75) is 56.9 Å². The molecule has 138 valence electrons. The Morgan fingerprint density at radius 1 is 1.16 bits per heavy atom. The molecular weight excluding hydrogens is 336 g/mol. The van der Waals surface area contributed by atoms with Crippen LogP contribution in [0.2, 0.25) is 0 Å². The van der Waals surface area contributed by atoms with E-state index in [-0.39, 0.29) is 16.8 Å². The third-order valence-electron chi connectivity index (χ3n) is 5.50. The molecule has 3 atom stereocenters. The van der Waals surface area contributed by atoms with Crippen LogP contribution in [0.4, 0.5) is 0 Å². The molecule has 2 aliphatic carbocycles. The molecule has 3 unspecified atom stereocenters. The fourth-order valence-corrected chi connectivity index (χ4v) is 5.62. The van der Waals surface area contributed by atoms with Gasteiger partial charge >= 0.3 is 0 Å². The van der Waals surface area contributed by atoms with Gasteiger partial charge in [0.25, 0.3) is 5.91 Å². The number of fused-ring (bicyclic) bond motifs is 2. The highest BCUT2D eigenvalue weighted by atomic mass is 32.2. The standard InChI is InChI=1S/C19H28N2O3S/c1-13(2)21-25(23,24)18-7-5-15(6-8-18)19(22)20-10-9-17-12-14-3-4-16(17)11-14/h5-8,13-14,16-17,21H,3-4,9-12H2,1-2H3,(H,20,22). The maximum Gasteiger partial charge on any atom is 0.251 e. The van der Waals surface area contributed by atoms with E-state index in [1.165, 1.54) is 37.8 Å². The van der Waals surface area contributed by atoms with Crippen LogP contribution in [0, 0.1) is 17.8 Å². The number of amides is 1. The van der Waals surface area contributed by atoms with Gasteiger partial charge in [0.2, 0.25) is 10.0 Å². The minimum Gasteiger partial charge on any atom is -0.352 e. The summed E-state index contributed by atoms with van der Waals surface area (Å²) in [5.74, 6) is 2.44. The van der Waals surface area contributed by atoms with Gasteiger partial charge in [-0.1, -0.05) is 6.42 Å². The molecule has 0 heterocycles. The van der Waals surface area contributed by atoms with E-state index in [0.29, 0.717) is 12.1 Å². The highest BCUT2D eigenvalue weighted by Crippen LogP contribution is 2.49. The quantitative estimate of drug-likeness (QED) is 0.781. The highest BCUT2D eigenvalue weighted by Gasteiger charge is 2.38. The van der Waals surface area contributed by atoms with E-state index in [0.717, 1.165) is 24.2 Å². The van der Waals surface area contributed by atoms with E-state index in [2.05, 4.69) is 10.0 Å². The molecule has 6 heteroatoms. The lowest BCUT2D eigenvalue weighted by atomic mass is 9.86. The van der Waals surface area contributed by atoms with Crippen molar-refractivity contribution in [3.05, 3.63) is 29.8 Å². The number of carbonyl (C=O) groups excluding carboxylic acids is 1. The van der Waals surface area contributed by atoms with Crippen LogP contribution in [0.3, 0.4) is 0 Å². The van der Waals surface area contributed by atoms with Gasteiger partial charge in [-0.2, -0.15) is 0 Å². The summed E-state index contributed by atoms with van der Waals surface area (Å²) in [6.45, 7) is 4.24. The fourth-order valence-electron chi connectivity index (χ4n) is 4.37. The van der Waals surface area contributed by atoms with Crippen LogP contribution in [0.5, 0.6) is 0 Å². The van der Waals surface area contributed by atoms with Crippen LogP contribution in [0.1, 0.15) is 56.3 Å². The molecule has 0 radical (unpaired) electrons. The Labute approximate surface area is 150 Å². The molecular formula is C19H28N2O3S. The van der Waals surface area contributed by atoms with E-state index in [1.54, 1.807) is 26.0 Å².